The zero-order chi connectivity index (χ0) is 15.0. The number of hydrogen-bond acceptors (Lipinski definition) is 4. The van der Waals surface area contributed by atoms with Crippen LogP contribution in [0.25, 0.3) is 11.0 Å². The highest BCUT2D eigenvalue weighted by atomic mass is 127. The van der Waals surface area contributed by atoms with Crippen molar-refractivity contribution < 1.29 is 14.3 Å². The van der Waals surface area contributed by atoms with Crippen molar-refractivity contribution >= 4 is 39.5 Å². The molecule has 2 aromatic heterocycles. The van der Waals surface area contributed by atoms with Crippen LogP contribution in [0.15, 0.2) is 46.0 Å². The van der Waals surface area contributed by atoms with E-state index < -0.39 is 5.97 Å². The SMILES string of the molecule is O=C(O)c1oc2ccccc2c1Cn1cncc(I)c1=O. The first-order valence-corrected chi connectivity index (χ1v) is 7.09. The van der Waals surface area contributed by atoms with Gasteiger partial charge in [-0.3, -0.25) is 9.36 Å². The van der Waals surface area contributed by atoms with E-state index in [0.717, 1.165) is 0 Å². The zero-order valence-electron chi connectivity index (χ0n) is 10.6. The molecule has 0 unspecified atom stereocenters. The first-order valence-electron chi connectivity index (χ1n) is 6.01. The van der Waals surface area contributed by atoms with Gasteiger partial charge in [-0.05, 0) is 28.7 Å². The van der Waals surface area contributed by atoms with Crippen LogP contribution < -0.4 is 5.56 Å². The first-order chi connectivity index (χ1) is 10.1. The number of hydrogen-bond donors (Lipinski definition) is 1. The van der Waals surface area contributed by atoms with Gasteiger partial charge >= 0.3 is 5.97 Å². The van der Waals surface area contributed by atoms with E-state index in [1.807, 2.05) is 22.6 Å². The second-order valence-electron chi connectivity index (χ2n) is 4.39. The molecule has 0 amide bonds. The molecule has 1 N–H and O–H groups in total. The molecule has 6 nitrogen and oxygen atoms in total. The van der Waals surface area contributed by atoms with Gasteiger partial charge in [0.15, 0.2) is 0 Å². The summed E-state index contributed by atoms with van der Waals surface area (Å²) >= 11 is 1.90. The predicted octanol–water partition coefficient (Wildman–Crippen LogP) is 2.34. The molecule has 21 heavy (non-hydrogen) atoms. The number of rotatable bonds is 3. The molecule has 2 heterocycles. The molecule has 0 saturated heterocycles. The van der Waals surface area contributed by atoms with Crippen LogP contribution in [0.4, 0.5) is 0 Å². The van der Waals surface area contributed by atoms with E-state index >= 15 is 0 Å². The number of carbonyl (C=O) groups is 1. The molecule has 3 rings (SSSR count). The van der Waals surface area contributed by atoms with E-state index in [-0.39, 0.29) is 17.9 Å². The Morgan fingerprint density at radius 1 is 1.38 bits per heavy atom. The Balaban J connectivity index is 2.19. The molecule has 0 saturated carbocycles. The average molecular weight is 396 g/mol. The number of fused-ring (bicyclic) bond motifs is 1. The zero-order valence-corrected chi connectivity index (χ0v) is 12.8. The van der Waals surface area contributed by atoms with Crippen molar-refractivity contribution in [3.63, 3.8) is 0 Å². The van der Waals surface area contributed by atoms with Gasteiger partial charge in [-0.15, -0.1) is 0 Å². The Bertz CT molecular complexity index is 897. The first kappa shape index (κ1) is 13.8. The van der Waals surface area contributed by atoms with Crippen molar-refractivity contribution in [1.29, 1.82) is 0 Å². The molecule has 0 aliphatic rings. The fraction of sp³-hybridized carbons (Fsp3) is 0.0714. The highest BCUT2D eigenvalue weighted by Gasteiger charge is 2.20. The fourth-order valence-electron chi connectivity index (χ4n) is 2.14. The fourth-order valence-corrected chi connectivity index (χ4v) is 2.61. The molecule has 0 atom stereocenters. The summed E-state index contributed by atoms with van der Waals surface area (Å²) in [6.45, 7) is 0.0985. The molecule has 0 bridgehead atoms. The lowest BCUT2D eigenvalue weighted by Crippen LogP contribution is -2.23. The third-order valence-corrected chi connectivity index (χ3v) is 3.82. The van der Waals surface area contributed by atoms with Crippen molar-refractivity contribution in [3.05, 3.63) is 62.0 Å². The van der Waals surface area contributed by atoms with Crippen molar-refractivity contribution in [3.8, 4) is 0 Å². The van der Waals surface area contributed by atoms with E-state index in [1.165, 1.54) is 17.1 Å². The number of aromatic nitrogens is 2. The summed E-state index contributed by atoms with van der Waals surface area (Å²) in [7, 11) is 0. The molecular formula is C14H9IN2O4. The maximum atomic E-state index is 12.0. The van der Waals surface area contributed by atoms with Gasteiger partial charge in [0, 0.05) is 17.1 Å². The number of carboxylic acids is 1. The van der Waals surface area contributed by atoms with E-state index in [0.29, 0.717) is 20.1 Å². The lowest BCUT2D eigenvalue weighted by molar-refractivity contribution is 0.0663. The molecular weight excluding hydrogens is 387 g/mol. The van der Waals surface area contributed by atoms with E-state index in [4.69, 9.17) is 4.42 Å². The molecule has 0 aliphatic heterocycles. The largest absolute Gasteiger partial charge is 0.475 e. The van der Waals surface area contributed by atoms with Gasteiger partial charge in [0.2, 0.25) is 5.76 Å². The molecule has 7 heteroatoms. The number of halogens is 1. The van der Waals surface area contributed by atoms with Gasteiger partial charge in [-0.25, -0.2) is 9.78 Å². The maximum absolute atomic E-state index is 12.0. The molecule has 0 spiro atoms. The van der Waals surface area contributed by atoms with Crippen molar-refractivity contribution in [2.24, 2.45) is 0 Å². The van der Waals surface area contributed by atoms with Crippen molar-refractivity contribution in [2.75, 3.05) is 0 Å². The Kier molecular flexibility index (Phi) is 3.50. The highest BCUT2D eigenvalue weighted by Crippen LogP contribution is 2.26. The number of aromatic carboxylic acids is 1. The van der Waals surface area contributed by atoms with Crippen LogP contribution in [0, 0.1) is 3.57 Å². The highest BCUT2D eigenvalue weighted by molar-refractivity contribution is 14.1. The van der Waals surface area contributed by atoms with Crippen LogP contribution in [0.2, 0.25) is 0 Å². The summed E-state index contributed by atoms with van der Waals surface area (Å²) in [5.41, 5.74) is 0.729. The Hall–Kier alpha value is -2.16. The number of furan rings is 1. The van der Waals surface area contributed by atoms with Crippen LogP contribution in [0.3, 0.4) is 0 Å². The normalized spacial score (nSPS) is 10.9. The molecule has 1 aromatic carbocycles. The average Bonchev–Trinajstić information content (AvgIpc) is 2.83. The molecule has 0 aliphatic carbocycles. The van der Waals surface area contributed by atoms with Crippen molar-refractivity contribution in [2.45, 2.75) is 6.54 Å². The van der Waals surface area contributed by atoms with E-state index in [9.17, 15) is 14.7 Å². The Morgan fingerprint density at radius 2 is 2.14 bits per heavy atom. The smallest absolute Gasteiger partial charge is 0.372 e. The monoisotopic (exact) mass is 396 g/mol. The summed E-state index contributed by atoms with van der Waals surface area (Å²) in [5.74, 6) is -1.31. The molecule has 106 valence electrons. The minimum atomic E-state index is -1.16. The van der Waals surface area contributed by atoms with Gasteiger partial charge < -0.3 is 9.52 Å². The minimum absolute atomic E-state index is 0.0985. The van der Waals surface area contributed by atoms with Crippen LogP contribution in [0.1, 0.15) is 16.1 Å². The lowest BCUT2D eigenvalue weighted by Gasteiger charge is -2.05. The second-order valence-corrected chi connectivity index (χ2v) is 5.55. The summed E-state index contributed by atoms with van der Waals surface area (Å²) < 4.78 is 7.20. The van der Waals surface area contributed by atoms with Crippen molar-refractivity contribution in [1.82, 2.24) is 9.55 Å². The molecule has 0 radical (unpaired) electrons. The van der Waals surface area contributed by atoms with Crippen LogP contribution in [0.5, 0.6) is 0 Å². The number of carboxylic acid groups (broad SMARTS) is 1. The summed E-state index contributed by atoms with van der Waals surface area (Å²) in [6.07, 6.45) is 2.85. The summed E-state index contributed by atoms with van der Waals surface area (Å²) in [5, 5.41) is 9.95. The summed E-state index contributed by atoms with van der Waals surface area (Å²) in [6, 6.07) is 7.03. The Labute approximate surface area is 132 Å². The predicted molar refractivity (Wildman–Crippen MR) is 83.5 cm³/mol. The maximum Gasteiger partial charge on any atom is 0.372 e. The number of benzene rings is 1. The van der Waals surface area contributed by atoms with E-state index in [2.05, 4.69) is 4.98 Å². The van der Waals surface area contributed by atoms with Crippen LogP contribution in [-0.4, -0.2) is 20.6 Å². The topological polar surface area (TPSA) is 85.3 Å². The lowest BCUT2D eigenvalue weighted by atomic mass is 10.1. The minimum Gasteiger partial charge on any atom is -0.475 e. The molecule has 3 aromatic rings. The Morgan fingerprint density at radius 3 is 2.90 bits per heavy atom. The van der Waals surface area contributed by atoms with Gasteiger partial charge in [-0.2, -0.15) is 0 Å². The van der Waals surface area contributed by atoms with Gasteiger partial charge in [0.25, 0.3) is 5.56 Å². The second kappa shape index (κ2) is 5.32. The van der Waals surface area contributed by atoms with Gasteiger partial charge in [-0.1, -0.05) is 18.2 Å². The number of nitrogens with zero attached hydrogens (tertiary/aromatic N) is 2. The standard InChI is InChI=1S/C14H9IN2O4/c15-10-5-16-7-17(13(10)18)6-9-8-3-1-2-4-11(8)21-12(9)14(19)20/h1-5,7H,6H2,(H,19,20). The third-order valence-electron chi connectivity index (χ3n) is 3.08. The summed E-state index contributed by atoms with van der Waals surface area (Å²) in [4.78, 5) is 27.3. The molecule has 0 fully saturated rings. The van der Waals surface area contributed by atoms with Crippen LogP contribution >= 0.6 is 22.6 Å². The van der Waals surface area contributed by atoms with Gasteiger partial charge in [0.05, 0.1) is 16.4 Å². The number of para-hydroxylation sites is 1. The van der Waals surface area contributed by atoms with E-state index in [1.54, 1.807) is 24.3 Å². The van der Waals surface area contributed by atoms with Gasteiger partial charge in [0.1, 0.15) is 5.58 Å². The quantitative estimate of drug-likeness (QED) is 0.687. The third kappa shape index (κ3) is 2.44. The van der Waals surface area contributed by atoms with Crippen LogP contribution in [-0.2, 0) is 6.54 Å².